The molecule has 0 bridgehead atoms. The first kappa shape index (κ1) is 12.0. The number of carboxylic acid groups (broad SMARTS) is 1. The Bertz CT molecular complexity index is 269. The van der Waals surface area contributed by atoms with Gasteiger partial charge in [-0.05, 0) is 39.5 Å². The summed E-state index contributed by atoms with van der Waals surface area (Å²) in [5.74, 6) is -0.732. The summed E-state index contributed by atoms with van der Waals surface area (Å²) in [7, 11) is 0. The number of rotatable bonds is 5. The molecular weight excluding hydrogens is 194 g/mol. The van der Waals surface area contributed by atoms with Crippen LogP contribution < -0.4 is 0 Å². The van der Waals surface area contributed by atoms with E-state index in [4.69, 9.17) is 5.11 Å². The molecule has 1 aliphatic carbocycles. The second-order valence-corrected chi connectivity index (χ2v) is 4.72. The molecule has 0 aliphatic heterocycles. The quantitative estimate of drug-likeness (QED) is 0.701. The molecule has 0 aromatic carbocycles. The van der Waals surface area contributed by atoms with Crippen molar-refractivity contribution in [3.8, 4) is 0 Å². The number of carboxylic acids is 1. The Morgan fingerprint density at radius 2 is 1.93 bits per heavy atom. The first-order valence-corrected chi connectivity index (χ1v) is 5.42. The van der Waals surface area contributed by atoms with E-state index in [2.05, 4.69) is 0 Å². The summed E-state index contributed by atoms with van der Waals surface area (Å²) in [6.07, 6.45) is 2.33. The molecule has 0 unspecified atom stereocenters. The van der Waals surface area contributed by atoms with Crippen LogP contribution in [0, 0.1) is 11.3 Å². The molecule has 1 rings (SSSR count). The summed E-state index contributed by atoms with van der Waals surface area (Å²) in [5.41, 5.74) is -1.30. The van der Waals surface area contributed by atoms with Crippen molar-refractivity contribution in [1.82, 2.24) is 4.90 Å². The van der Waals surface area contributed by atoms with Crippen LogP contribution in [0.2, 0.25) is 0 Å². The maximum Gasteiger partial charge on any atom is 0.318 e. The van der Waals surface area contributed by atoms with Crippen molar-refractivity contribution in [3.05, 3.63) is 0 Å². The van der Waals surface area contributed by atoms with Gasteiger partial charge in [0.1, 0.15) is 5.41 Å². The highest BCUT2D eigenvalue weighted by molar-refractivity contribution is 6.00. The zero-order chi connectivity index (χ0) is 11.6. The van der Waals surface area contributed by atoms with E-state index in [-0.39, 0.29) is 5.91 Å². The van der Waals surface area contributed by atoms with Gasteiger partial charge in [0.25, 0.3) is 0 Å². The average molecular weight is 213 g/mol. The summed E-state index contributed by atoms with van der Waals surface area (Å²) in [5, 5.41) is 8.96. The lowest BCUT2D eigenvalue weighted by Gasteiger charge is -2.28. The van der Waals surface area contributed by atoms with E-state index in [0.29, 0.717) is 19.0 Å². The van der Waals surface area contributed by atoms with Crippen molar-refractivity contribution < 1.29 is 14.7 Å². The molecule has 4 nitrogen and oxygen atoms in total. The number of aliphatic carboxylic acids is 1. The topological polar surface area (TPSA) is 57.6 Å². The SMILES string of the molecule is CCN(CC1CC1)C(=O)C(C)(C)C(=O)O. The highest BCUT2D eigenvalue weighted by atomic mass is 16.4. The van der Waals surface area contributed by atoms with E-state index >= 15 is 0 Å². The zero-order valence-electron chi connectivity index (χ0n) is 9.62. The molecule has 0 heterocycles. The maximum absolute atomic E-state index is 11.9. The molecule has 1 aliphatic rings. The Hall–Kier alpha value is -1.06. The Kier molecular flexibility index (Phi) is 3.37. The van der Waals surface area contributed by atoms with Gasteiger partial charge in [-0.25, -0.2) is 0 Å². The zero-order valence-corrected chi connectivity index (χ0v) is 9.62. The van der Waals surface area contributed by atoms with Crippen molar-refractivity contribution in [2.75, 3.05) is 13.1 Å². The van der Waals surface area contributed by atoms with Crippen LogP contribution >= 0.6 is 0 Å². The molecule has 86 valence electrons. The van der Waals surface area contributed by atoms with Gasteiger partial charge in [-0.15, -0.1) is 0 Å². The van der Waals surface area contributed by atoms with Crippen LogP contribution in [-0.4, -0.2) is 35.0 Å². The van der Waals surface area contributed by atoms with Crippen LogP contribution in [0.25, 0.3) is 0 Å². The lowest BCUT2D eigenvalue weighted by atomic mass is 9.91. The van der Waals surface area contributed by atoms with Crippen LogP contribution in [0.15, 0.2) is 0 Å². The number of carbonyl (C=O) groups excluding carboxylic acids is 1. The average Bonchev–Trinajstić information content (AvgIpc) is 2.96. The fourth-order valence-electron chi connectivity index (χ4n) is 1.45. The van der Waals surface area contributed by atoms with Gasteiger partial charge in [0.15, 0.2) is 0 Å². The lowest BCUT2D eigenvalue weighted by molar-refractivity contribution is -0.158. The van der Waals surface area contributed by atoms with Crippen molar-refractivity contribution in [3.63, 3.8) is 0 Å². The van der Waals surface area contributed by atoms with Gasteiger partial charge in [-0.3, -0.25) is 9.59 Å². The standard InChI is InChI=1S/C11H19NO3/c1-4-12(7-8-5-6-8)9(13)11(2,3)10(14)15/h8H,4-7H2,1-3H3,(H,14,15). The molecule has 1 amide bonds. The van der Waals surface area contributed by atoms with Crippen LogP contribution in [-0.2, 0) is 9.59 Å². The van der Waals surface area contributed by atoms with Gasteiger partial charge in [0.05, 0.1) is 0 Å². The normalized spacial score (nSPS) is 16.2. The van der Waals surface area contributed by atoms with Gasteiger partial charge < -0.3 is 10.0 Å². The molecule has 1 fully saturated rings. The molecule has 4 heteroatoms. The first-order chi connectivity index (χ1) is 6.89. The summed E-state index contributed by atoms with van der Waals surface area (Å²) < 4.78 is 0. The summed E-state index contributed by atoms with van der Waals surface area (Å²) in [6, 6.07) is 0. The summed E-state index contributed by atoms with van der Waals surface area (Å²) in [4.78, 5) is 24.5. The summed E-state index contributed by atoms with van der Waals surface area (Å²) >= 11 is 0. The molecular formula is C11H19NO3. The lowest BCUT2D eigenvalue weighted by Crippen LogP contribution is -2.45. The monoisotopic (exact) mass is 213 g/mol. The van der Waals surface area contributed by atoms with E-state index in [9.17, 15) is 9.59 Å². The number of hydrogen-bond acceptors (Lipinski definition) is 2. The highest BCUT2D eigenvalue weighted by Gasteiger charge is 2.40. The molecule has 0 atom stereocenters. The third-order valence-electron chi connectivity index (χ3n) is 2.91. The summed E-state index contributed by atoms with van der Waals surface area (Å²) in [6.45, 7) is 6.12. The minimum Gasteiger partial charge on any atom is -0.480 e. The fraction of sp³-hybridized carbons (Fsp3) is 0.818. The maximum atomic E-state index is 11.9. The predicted octanol–water partition coefficient (Wildman–Crippen LogP) is 1.36. The van der Waals surface area contributed by atoms with Crippen molar-refractivity contribution in [2.45, 2.75) is 33.6 Å². The Labute approximate surface area is 90.3 Å². The van der Waals surface area contributed by atoms with Crippen LogP contribution in [0.3, 0.4) is 0 Å². The van der Waals surface area contributed by atoms with Crippen molar-refractivity contribution in [1.29, 1.82) is 0 Å². The van der Waals surface area contributed by atoms with E-state index in [1.54, 1.807) is 4.90 Å². The van der Waals surface area contributed by atoms with E-state index < -0.39 is 11.4 Å². The molecule has 0 saturated heterocycles. The minimum atomic E-state index is -1.30. The first-order valence-electron chi connectivity index (χ1n) is 5.42. The Morgan fingerprint density at radius 1 is 1.40 bits per heavy atom. The van der Waals surface area contributed by atoms with Gasteiger partial charge in [0.2, 0.25) is 5.91 Å². The van der Waals surface area contributed by atoms with Crippen molar-refractivity contribution in [2.24, 2.45) is 11.3 Å². The molecule has 0 spiro atoms. The number of carbonyl (C=O) groups is 2. The third kappa shape index (κ3) is 2.70. The van der Waals surface area contributed by atoms with Gasteiger partial charge in [-0.1, -0.05) is 0 Å². The van der Waals surface area contributed by atoms with Crippen LogP contribution in [0.4, 0.5) is 0 Å². The number of nitrogens with zero attached hydrogens (tertiary/aromatic N) is 1. The van der Waals surface area contributed by atoms with Crippen molar-refractivity contribution >= 4 is 11.9 Å². The van der Waals surface area contributed by atoms with Gasteiger partial charge in [0, 0.05) is 13.1 Å². The van der Waals surface area contributed by atoms with E-state index in [1.165, 1.54) is 13.8 Å². The number of hydrogen-bond donors (Lipinski definition) is 1. The second-order valence-electron chi connectivity index (χ2n) is 4.72. The molecule has 15 heavy (non-hydrogen) atoms. The predicted molar refractivity (Wildman–Crippen MR) is 56.4 cm³/mol. The van der Waals surface area contributed by atoms with E-state index in [0.717, 1.165) is 12.8 Å². The molecule has 1 saturated carbocycles. The minimum absolute atomic E-state index is 0.274. The largest absolute Gasteiger partial charge is 0.480 e. The van der Waals surface area contributed by atoms with E-state index in [1.807, 2.05) is 6.92 Å². The smallest absolute Gasteiger partial charge is 0.318 e. The Balaban J connectivity index is 2.65. The second kappa shape index (κ2) is 4.21. The highest BCUT2D eigenvalue weighted by Crippen LogP contribution is 2.31. The van der Waals surface area contributed by atoms with Gasteiger partial charge in [-0.2, -0.15) is 0 Å². The molecule has 0 radical (unpaired) electrons. The van der Waals surface area contributed by atoms with Crippen LogP contribution in [0.1, 0.15) is 33.6 Å². The third-order valence-corrected chi connectivity index (χ3v) is 2.91. The van der Waals surface area contributed by atoms with Crippen LogP contribution in [0.5, 0.6) is 0 Å². The fourth-order valence-corrected chi connectivity index (χ4v) is 1.45. The molecule has 0 aromatic rings. The van der Waals surface area contributed by atoms with Gasteiger partial charge >= 0.3 is 5.97 Å². The molecule has 0 aromatic heterocycles. The molecule has 1 N–H and O–H groups in total. The number of amides is 1. The Morgan fingerprint density at radius 3 is 2.27 bits per heavy atom.